The smallest absolute Gasteiger partial charge is 0.0676 e. The number of hydrogen-bond donors (Lipinski definition) is 1. The van der Waals surface area contributed by atoms with E-state index in [0.717, 1.165) is 18.1 Å². The van der Waals surface area contributed by atoms with Gasteiger partial charge in [-0.1, -0.05) is 23.7 Å². The summed E-state index contributed by atoms with van der Waals surface area (Å²) in [6, 6.07) is 10.1. The molecule has 2 nitrogen and oxygen atoms in total. The molecule has 3 heteroatoms. The first-order valence-electron chi connectivity index (χ1n) is 4.67. The van der Waals surface area contributed by atoms with Crippen LogP contribution in [-0.2, 0) is 0 Å². The fourth-order valence-electron chi connectivity index (χ4n) is 1.87. The normalized spacial score (nSPS) is 26.0. The summed E-state index contributed by atoms with van der Waals surface area (Å²) in [7, 11) is 0. The number of nitriles is 1. The van der Waals surface area contributed by atoms with Crippen LogP contribution in [0.2, 0.25) is 5.02 Å². The Kier molecular flexibility index (Phi) is 2.72. The van der Waals surface area contributed by atoms with Crippen molar-refractivity contribution in [3.05, 3.63) is 34.9 Å². The van der Waals surface area contributed by atoms with Gasteiger partial charge in [-0.25, -0.2) is 0 Å². The predicted octanol–water partition coefficient (Wildman–Crippen LogP) is 2.17. The number of nitrogens with one attached hydrogen (secondary N) is 1. The maximum atomic E-state index is 8.94. The number of nitrogens with zero attached hydrogens (tertiary/aromatic N) is 1. The lowest BCUT2D eigenvalue weighted by Gasteiger charge is -2.12. The molecule has 0 bridgehead atoms. The van der Waals surface area contributed by atoms with E-state index in [9.17, 15) is 0 Å². The minimum atomic E-state index is 0.0937. The minimum absolute atomic E-state index is 0.0937. The lowest BCUT2D eigenvalue weighted by atomic mass is 9.90. The molecule has 1 aromatic rings. The SMILES string of the molecule is N#C[C@@H]1CNC[C@H]1c1ccc(Cl)cc1. The van der Waals surface area contributed by atoms with Gasteiger partial charge in [0.25, 0.3) is 0 Å². The van der Waals surface area contributed by atoms with E-state index in [1.54, 1.807) is 0 Å². The van der Waals surface area contributed by atoms with Gasteiger partial charge < -0.3 is 5.32 Å². The van der Waals surface area contributed by atoms with E-state index >= 15 is 0 Å². The van der Waals surface area contributed by atoms with Gasteiger partial charge in [-0.3, -0.25) is 0 Å². The third-order valence-electron chi connectivity index (χ3n) is 2.68. The summed E-state index contributed by atoms with van der Waals surface area (Å²) in [5.74, 6) is 0.411. The Balaban J connectivity index is 2.23. The Hall–Kier alpha value is -1.04. The van der Waals surface area contributed by atoms with Crippen molar-refractivity contribution in [1.82, 2.24) is 5.32 Å². The molecule has 0 amide bonds. The fraction of sp³-hybridized carbons (Fsp3) is 0.364. The lowest BCUT2D eigenvalue weighted by Crippen LogP contribution is -2.08. The van der Waals surface area contributed by atoms with Crippen LogP contribution in [0.5, 0.6) is 0 Å². The van der Waals surface area contributed by atoms with E-state index < -0.39 is 0 Å². The average Bonchev–Trinajstić information content (AvgIpc) is 2.67. The molecule has 1 fully saturated rings. The Morgan fingerprint density at radius 3 is 2.64 bits per heavy atom. The van der Waals surface area contributed by atoms with Crippen LogP contribution < -0.4 is 5.32 Å². The quantitative estimate of drug-likeness (QED) is 0.765. The highest BCUT2D eigenvalue weighted by molar-refractivity contribution is 6.30. The van der Waals surface area contributed by atoms with Gasteiger partial charge in [-0.05, 0) is 17.7 Å². The first-order valence-corrected chi connectivity index (χ1v) is 5.05. The Labute approximate surface area is 88.5 Å². The molecule has 14 heavy (non-hydrogen) atoms. The molecule has 0 saturated carbocycles. The van der Waals surface area contributed by atoms with E-state index in [4.69, 9.17) is 16.9 Å². The van der Waals surface area contributed by atoms with Crippen molar-refractivity contribution in [2.24, 2.45) is 5.92 Å². The summed E-state index contributed by atoms with van der Waals surface area (Å²) in [4.78, 5) is 0. The summed E-state index contributed by atoms with van der Waals surface area (Å²) in [5.41, 5.74) is 1.20. The second kappa shape index (κ2) is 4.00. The predicted molar refractivity (Wildman–Crippen MR) is 56.2 cm³/mol. The molecule has 72 valence electrons. The molecular weight excluding hydrogens is 196 g/mol. The van der Waals surface area contributed by atoms with Crippen LogP contribution in [0.4, 0.5) is 0 Å². The first kappa shape index (κ1) is 9.51. The fourth-order valence-corrected chi connectivity index (χ4v) is 2.00. The van der Waals surface area contributed by atoms with Crippen LogP contribution in [0, 0.1) is 17.2 Å². The zero-order valence-electron chi connectivity index (χ0n) is 7.70. The maximum Gasteiger partial charge on any atom is 0.0676 e. The van der Waals surface area contributed by atoms with E-state index in [-0.39, 0.29) is 5.92 Å². The van der Waals surface area contributed by atoms with Crippen molar-refractivity contribution in [3.63, 3.8) is 0 Å². The van der Waals surface area contributed by atoms with Crippen molar-refractivity contribution in [2.75, 3.05) is 13.1 Å². The maximum absolute atomic E-state index is 8.94. The molecular formula is C11H11ClN2. The van der Waals surface area contributed by atoms with Gasteiger partial charge in [0.2, 0.25) is 0 Å². The molecule has 2 atom stereocenters. The minimum Gasteiger partial charge on any atom is -0.315 e. The molecule has 1 saturated heterocycles. The van der Waals surface area contributed by atoms with E-state index in [1.165, 1.54) is 5.56 Å². The molecule has 0 aliphatic carbocycles. The molecule has 2 rings (SSSR count). The van der Waals surface area contributed by atoms with Crippen LogP contribution in [0.1, 0.15) is 11.5 Å². The third kappa shape index (κ3) is 1.75. The van der Waals surface area contributed by atoms with Gasteiger partial charge in [0, 0.05) is 24.0 Å². The van der Waals surface area contributed by atoms with Crippen molar-refractivity contribution >= 4 is 11.6 Å². The van der Waals surface area contributed by atoms with Gasteiger partial charge in [0.15, 0.2) is 0 Å². The van der Waals surface area contributed by atoms with Gasteiger partial charge in [-0.2, -0.15) is 5.26 Å². The Morgan fingerprint density at radius 2 is 2.00 bits per heavy atom. The van der Waals surface area contributed by atoms with Crippen molar-refractivity contribution in [3.8, 4) is 6.07 Å². The number of benzene rings is 1. The van der Waals surface area contributed by atoms with E-state index in [1.807, 2.05) is 24.3 Å². The van der Waals surface area contributed by atoms with Crippen LogP contribution in [0.15, 0.2) is 24.3 Å². The number of rotatable bonds is 1. The first-order chi connectivity index (χ1) is 6.81. The summed E-state index contributed by atoms with van der Waals surface area (Å²) >= 11 is 5.81. The van der Waals surface area contributed by atoms with Gasteiger partial charge in [0.1, 0.15) is 0 Å². The Bertz CT molecular complexity index is 353. The van der Waals surface area contributed by atoms with Crippen LogP contribution in [0.3, 0.4) is 0 Å². The molecule has 0 spiro atoms. The number of hydrogen-bond acceptors (Lipinski definition) is 2. The second-order valence-electron chi connectivity index (χ2n) is 3.55. The monoisotopic (exact) mass is 206 g/mol. The molecule has 0 unspecified atom stereocenters. The van der Waals surface area contributed by atoms with E-state index in [0.29, 0.717) is 5.92 Å². The number of halogens is 1. The molecule has 1 N–H and O–H groups in total. The van der Waals surface area contributed by atoms with Crippen molar-refractivity contribution in [1.29, 1.82) is 5.26 Å². The molecule has 1 heterocycles. The molecule has 0 radical (unpaired) electrons. The summed E-state index contributed by atoms with van der Waals surface area (Å²) < 4.78 is 0. The van der Waals surface area contributed by atoms with Crippen molar-refractivity contribution in [2.45, 2.75) is 5.92 Å². The molecule has 1 aliphatic heterocycles. The summed E-state index contributed by atoms with van der Waals surface area (Å²) in [6.07, 6.45) is 0. The molecule has 0 aromatic heterocycles. The zero-order chi connectivity index (χ0) is 9.97. The van der Waals surface area contributed by atoms with Gasteiger partial charge in [0.05, 0.1) is 12.0 Å². The third-order valence-corrected chi connectivity index (χ3v) is 2.93. The lowest BCUT2D eigenvalue weighted by molar-refractivity contribution is 0.646. The summed E-state index contributed by atoms with van der Waals surface area (Å²) in [5, 5.41) is 12.9. The van der Waals surface area contributed by atoms with E-state index in [2.05, 4.69) is 11.4 Å². The largest absolute Gasteiger partial charge is 0.315 e. The van der Waals surface area contributed by atoms with Gasteiger partial charge >= 0.3 is 0 Å². The summed E-state index contributed by atoms with van der Waals surface area (Å²) in [6.45, 7) is 1.68. The van der Waals surface area contributed by atoms with Crippen LogP contribution in [0.25, 0.3) is 0 Å². The highest BCUT2D eigenvalue weighted by Gasteiger charge is 2.27. The second-order valence-corrected chi connectivity index (χ2v) is 3.99. The average molecular weight is 207 g/mol. The zero-order valence-corrected chi connectivity index (χ0v) is 8.46. The highest BCUT2D eigenvalue weighted by atomic mass is 35.5. The van der Waals surface area contributed by atoms with Crippen molar-refractivity contribution < 1.29 is 0 Å². The van der Waals surface area contributed by atoms with Crippen LogP contribution >= 0.6 is 11.6 Å². The van der Waals surface area contributed by atoms with Gasteiger partial charge in [-0.15, -0.1) is 0 Å². The highest BCUT2D eigenvalue weighted by Crippen LogP contribution is 2.28. The molecule has 1 aliphatic rings. The molecule has 1 aromatic carbocycles. The van der Waals surface area contributed by atoms with Crippen LogP contribution in [-0.4, -0.2) is 13.1 Å². The topological polar surface area (TPSA) is 35.8 Å². The standard InChI is InChI=1S/C11H11ClN2/c12-10-3-1-8(2-4-10)11-7-14-6-9(11)5-13/h1-4,9,11,14H,6-7H2/t9-,11+/m1/s1. The Morgan fingerprint density at radius 1 is 1.29 bits per heavy atom.